The number of carbonyl (C=O) groups is 1. The summed E-state index contributed by atoms with van der Waals surface area (Å²) in [6, 6.07) is 8.32. The van der Waals surface area contributed by atoms with Gasteiger partial charge in [0.05, 0.1) is 0 Å². The molecular weight excluding hydrogens is 224 g/mol. The minimum Gasteiger partial charge on any atom is -0.383 e. The molecule has 0 aromatic heterocycles. The molecule has 3 nitrogen and oxygen atoms in total. The van der Waals surface area contributed by atoms with Crippen LogP contribution in [0.15, 0.2) is 24.3 Å². The van der Waals surface area contributed by atoms with Crippen molar-refractivity contribution < 1.29 is 4.79 Å². The maximum absolute atomic E-state index is 11.6. The number of amides is 1. The van der Waals surface area contributed by atoms with E-state index < -0.39 is 0 Å². The summed E-state index contributed by atoms with van der Waals surface area (Å²) in [6.07, 6.45) is 2.31. The van der Waals surface area contributed by atoms with Gasteiger partial charge in [-0.25, -0.2) is 0 Å². The quantitative estimate of drug-likeness (QED) is 0.802. The molecular formula is C15H24N2O. The Labute approximate surface area is 110 Å². The Morgan fingerprint density at radius 1 is 1.22 bits per heavy atom. The molecule has 0 fully saturated rings. The molecule has 1 amide bonds. The van der Waals surface area contributed by atoms with Gasteiger partial charge in [0.1, 0.15) is 0 Å². The Kier molecular flexibility index (Phi) is 5.69. The van der Waals surface area contributed by atoms with Gasteiger partial charge in [0.15, 0.2) is 0 Å². The van der Waals surface area contributed by atoms with E-state index in [1.165, 1.54) is 0 Å². The Bertz CT molecular complexity index is 388. The van der Waals surface area contributed by atoms with Crippen LogP contribution in [0.5, 0.6) is 0 Å². The summed E-state index contributed by atoms with van der Waals surface area (Å²) in [5.74, 6) is 0.0504. The zero-order valence-electron chi connectivity index (χ0n) is 11.8. The zero-order valence-corrected chi connectivity index (χ0v) is 11.8. The normalized spacial score (nSPS) is 12.3. The van der Waals surface area contributed by atoms with E-state index in [-0.39, 0.29) is 11.8 Å². The molecule has 2 N–H and O–H groups in total. The third-order valence-electron chi connectivity index (χ3n) is 2.79. The Morgan fingerprint density at radius 2 is 1.89 bits per heavy atom. The van der Waals surface area contributed by atoms with Crippen molar-refractivity contribution >= 4 is 17.3 Å². The molecule has 0 aliphatic heterocycles. The van der Waals surface area contributed by atoms with E-state index in [4.69, 9.17) is 0 Å². The molecule has 0 heterocycles. The van der Waals surface area contributed by atoms with Crippen LogP contribution in [0.1, 0.15) is 40.5 Å². The maximum Gasteiger partial charge on any atom is 0.226 e. The molecule has 0 spiro atoms. The molecule has 0 radical (unpaired) electrons. The first kappa shape index (κ1) is 14.6. The zero-order chi connectivity index (χ0) is 13.5. The van der Waals surface area contributed by atoms with E-state index in [9.17, 15) is 4.79 Å². The first-order valence-corrected chi connectivity index (χ1v) is 6.70. The second kappa shape index (κ2) is 7.04. The molecule has 0 saturated carbocycles. The topological polar surface area (TPSA) is 41.1 Å². The van der Waals surface area contributed by atoms with Gasteiger partial charge < -0.3 is 10.6 Å². The number of nitrogens with one attached hydrogen (secondary N) is 2. The standard InChI is InChI=1S/C15H24N2O/c1-5-7-12(4)16-13-8-6-9-14(10-13)17-15(18)11(2)3/h6,8-12,16H,5,7H2,1-4H3,(H,17,18). The lowest BCUT2D eigenvalue weighted by atomic mass is 10.1. The van der Waals surface area contributed by atoms with Crippen molar-refractivity contribution in [2.75, 3.05) is 10.6 Å². The molecule has 0 saturated heterocycles. The highest BCUT2D eigenvalue weighted by Gasteiger charge is 2.07. The lowest BCUT2D eigenvalue weighted by Gasteiger charge is -2.15. The summed E-state index contributed by atoms with van der Waals surface area (Å²) in [5.41, 5.74) is 1.90. The number of benzene rings is 1. The van der Waals surface area contributed by atoms with Gasteiger partial charge in [0.2, 0.25) is 5.91 Å². The largest absolute Gasteiger partial charge is 0.383 e. The molecule has 18 heavy (non-hydrogen) atoms. The maximum atomic E-state index is 11.6. The monoisotopic (exact) mass is 248 g/mol. The number of carbonyl (C=O) groups excluding carboxylic acids is 1. The van der Waals surface area contributed by atoms with E-state index in [1.54, 1.807) is 0 Å². The second-order valence-corrected chi connectivity index (χ2v) is 5.06. The Balaban J connectivity index is 2.64. The highest BCUT2D eigenvalue weighted by atomic mass is 16.1. The average Bonchev–Trinajstić information content (AvgIpc) is 2.29. The summed E-state index contributed by atoms with van der Waals surface area (Å²) < 4.78 is 0. The highest BCUT2D eigenvalue weighted by molar-refractivity contribution is 5.92. The van der Waals surface area contributed by atoms with Gasteiger partial charge in [-0.1, -0.05) is 33.3 Å². The molecule has 1 atom stereocenters. The molecule has 1 aromatic carbocycles. The molecule has 0 bridgehead atoms. The highest BCUT2D eigenvalue weighted by Crippen LogP contribution is 2.17. The number of hydrogen-bond acceptors (Lipinski definition) is 2. The summed E-state index contributed by atoms with van der Waals surface area (Å²) in [7, 11) is 0. The summed E-state index contributed by atoms with van der Waals surface area (Å²) >= 11 is 0. The van der Waals surface area contributed by atoms with Crippen molar-refractivity contribution in [1.82, 2.24) is 0 Å². The summed E-state index contributed by atoms with van der Waals surface area (Å²) in [5, 5.41) is 6.34. The second-order valence-electron chi connectivity index (χ2n) is 5.06. The van der Waals surface area contributed by atoms with Crippen LogP contribution in [0.4, 0.5) is 11.4 Å². The van der Waals surface area contributed by atoms with Crippen LogP contribution >= 0.6 is 0 Å². The molecule has 100 valence electrons. The molecule has 1 rings (SSSR count). The fourth-order valence-electron chi connectivity index (χ4n) is 1.76. The third kappa shape index (κ3) is 4.78. The first-order valence-electron chi connectivity index (χ1n) is 6.70. The fourth-order valence-corrected chi connectivity index (χ4v) is 1.76. The van der Waals surface area contributed by atoms with Crippen LogP contribution in [0.25, 0.3) is 0 Å². The van der Waals surface area contributed by atoms with Gasteiger partial charge in [0, 0.05) is 23.3 Å². The smallest absolute Gasteiger partial charge is 0.226 e. The van der Waals surface area contributed by atoms with Crippen LogP contribution in [0, 0.1) is 5.92 Å². The lowest BCUT2D eigenvalue weighted by molar-refractivity contribution is -0.118. The van der Waals surface area contributed by atoms with Gasteiger partial charge in [-0.2, -0.15) is 0 Å². The van der Waals surface area contributed by atoms with E-state index in [0.717, 1.165) is 24.2 Å². The predicted octanol–water partition coefficient (Wildman–Crippen LogP) is 3.88. The van der Waals surface area contributed by atoms with Crippen LogP contribution in [0.2, 0.25) is 0 Å². The van der Waals surface area contributed by atoms with E-state index in [0.29, 0.717) is 6.04 Å². The minimum absolute atomic E-state index is 0.000584. The van der Waals surface area contributed by atoms with E-state index in [2.05, 4.69) is 24.5 Å². The van der Waals surface area contributed by atoms with Crippen molar-refractivity contribution in [3.63, 3.8) is 0 Å². The van der Waals surface area contributed by atoms with E-state index in [1.807, 2.05) is 38.1 Å². The Hall–Kier alpha value is -1.51. The number of rotatable bonds is 6. The van der Waals surface area contributed by atoms with Crippen LogP contribution in [-0.4, -0.2) is 11.9 Å². The first-order chi connectivity index (χ1) is 8.52. The minimum atomic E-state index is 0.000584. The third-order valence-corrected chi connectivity index (χ3v) is 2.79. The molecule has 1 aromatic rings. The molecule has 0 aliphatic rings. The summed E-state index contributed by atoms with van der Waals surface area (Å²) in [6.45, 7) is 8.13. The van der Waals surface area contributed by atoms with Crippen LogP contribution in [-0.2, 0) is 4.79 Å². The van der Waals surface area contributed by atoms with Gasteiger partial charge in [0.25, 0.3) is 0 Å². The van der Waals surface area contributed by atoms with Gasteiger partial charge in [-0.05, 0) is 31.5 Å². The summed E-state index contributed by atoms with van der Waals surface area (Å²) in [4.78, 5) is 11.6. The Morgan fingerprint density at radius 3 is 2.50 bits per heavy atom. The van der Waals surface area contributed by atoms with Gasteiger partial charge in [-0.15, -0.1) is 0 Å². The number of anilines is 2. The van der Waals surface area contributed by atoms with Crippen LogP contribution < -0.4 is 10.6 Å². The van der Waals surface area contributed by atoms with Gasteiger partial charge in [-0.3, -0.25) is 4.79 Å². The van der Waals surface area contributed by atoms with Crippen molar-refractivity contribution in [1.29, 1.82) is 0 Å². The van der Waals surface area contributed by atoms with Crippen LogP contribution in [0.3, 0.4) is 0 Å². The fraction of sp³-hybridized carbons (Fsp3) is 0.533. The average molecular weight is 248 g/mol. The number of hydrogen-bond donors (Lipinski definition) is 2. The molecule has 3 heteroatoms. The predicted molar refractivity (Wildman–Crippen MR) is 77.9 cm³/mol. The SMILES string of the molecule is CCCC(C)Nc1cccc(NC(=O)C(C)C)c1. The van der Waals surface area contributed by atoms with Gasteiger partial charge >= 0.3 is 0 Å². The molecule has 0 aliphatic carbocycles. The van der Waals surface area contributed by atoms with Crippen molar-refractivity contribution in [3.05, 3.63) is 24.3 Å². The lowest BCUT2D eigenvalue weighted by Crippen LogP contribution is -2.18. The molecule has 1 unspecified atom stereocenters. The van der Waals surface area contributed by atoms with E-state index >= 15 is 0 Å². The van der Waals surface area contributed by atoms with Crippen molar-refractivity contribution in [2.45, 2.75) is 46.6 Å². The van der Waals surface area contributed by atoms with Crippen molar-refractivity contribution in [3.8, 4) is 0 Å². The van der Waals surface area contributed by atoms with Crippen molar-refractivity contribution in [2.24, 2.45) is 5.92 Å².